The zero-order valence-corrected chi connectivity index (χ0v) is 15.2. The minimum Gasteiger partial charge on any atom is -0.350 e. The largest absolute Gasteiger partial charge is 0.417 e. The first-order valence-corrected chi connectivity index (χ1v) is 8.79. The molecule has 0 aliphatic rings. The number of pyridine rings is 1. The lowest BCUT2D eigenvalue weighted by Gasteiger charge is -2.10. The number of amides is 1. The number of nitrogens with zero attached hydrogens (tertiary/aromatic N) is 2. The number of alkyl halides is 3. The molecule has 0 bridgehead atoms. The van der Waals surface area contributed by atoms with Gasteiger partial charge in [-0.2, -0.15) is 13.2 Å². The maximum atomic E-state index is 13.1. The Hall–Kier alpha value is -2.54. The van der Waals surface area contributed by atoms with E-state index in [9.17, 15) is 18.0 Å². The van der Waals surface area contributed by atoms with E-state index < -0.39 is 17.6 Å². The van der Waals surface area contributed by atoms with E-state index in [1.807, 2.05) is 30.3 Å². The van der Waals surface area contributed by atoms with Crippen LogP contribution in [0.5, 0.6) is 0 Å². The highest BCUT2D eigenvalue weighted by Gasteiger charge is 2.33. The third-order valence-electron chi connectivity index (χ3n) is 4.17. The number of rotatable bonds is 5. The molecule has 4 nitrogen and oxygen atoms in total. The number of imidazole rings is 1. The van der Waals surface area contributed by atoms with Gasteiger partial charge in [-0.25, -0.2) is 4.98 Å². The molecule has 0 fully saturated rings. The third kappa shape index (κ3) is 4.08. The average Bonchev–Trinajstić information content (AvgIpc) is 3.01. The normalized spacial score (nSPS) is 11.7. The molecule has 27 heavy (non-hydrogen) atoms. The van der Waals surface area contributed by atoms with Gasteiger partial charge < -0.3 is 5.32 Å². The Morgan fingerprint density at radius 3 is 2.59 bits per heavy atom. The first kappa shape index (κ1) is 19.2. The molecule has 142 valence electrons. The van der Waals surface area contributed by atoms with E-state index in [0.717, 1.165) is 22.2 Å². The van der Waals surface area contributed by atoms with Crippen molar-refractivity contribution in [3.8, 4) is 0 Å². The fourth-order valence-corrected chi connectivity index (χ4v) is 3.09. The molecule has 0 spiro atoms. The molecule has 3 rings (SSSR count). The number of halogens is 4. The van der Waals surface area contributed by atoms with E-state index in [4.69, 9.17) is 11.6 Å². The van der Waals surface area contributed by atoms with Gasteiger partial charge in [0, 0.05) is 12.7 Å². The number of carbonyl (C=O) groups excluding carboxylic acids is 1. The zero-order chi connectivity index (χ0) is 19.6. The number of aryl methyl sites for hydroxylation is 1. The van der Waals surface area contributed by atoms with Gasteiger partial charge in [0.15, 0.2) is 5.65 Å². The second kappa shape index (κ2) is 7.60. The van der Waals surface area contributed by atoms with Gasteiger partial charge in [-0.05, 0) is 24.5 Å². The summed E-state index contributed by atoms with van der Waals surface area (Å²) in [4.78, 5) is 16.9. The molecule has 1 aromatic carbocycles. The van der Waals surface area contributed by atoms with Crippen molar-refractivity contribution in [3.05, 3.63) is 70.1 Å². The number of benzene rings is 1. The minimum absolute atomic E-state index is 0.0774. The van der Waals surface area contributed by atoms with Crippen LogP contribution in [-0.4, -0.2) is 21.8 Å². The van der Waals surface area contributed by atoms with E-state index in [-0.39, 0.29) is 16.4 Å². The highest BCUT2D eigenvalue weighted by molar-refractivity contribution is 6.33. The Balaban J connectivity index is 1.91. The van der Waals surface area contributed by atoms with Gasteiger partial charge in [-0.15, -0.1) is 0 Å². The summed E-state index contributed by atoms with van der Waals surface area (Å²) >= 11 is 5.98. The topological polar surface area (TPSA) is 46.4 Å². The van der Waals surface area contributed by atoms with Crippen LogP contribution in [-0.2, 0) is 19.0 Å². The van der Waals surface area contributed by atoms with Gasteiger partial charge in [0.1, 0.15) is 5.69 Å². The van der Waals surface area contributed by atoms with E-state index in [1.54, 1.807) is 6.92 Å². The van der Waals surface area contributed by atoms with Crippen LogP contribution >= 0.6 is 11.6 Å². The lowest BCUT2D eigenvalue weighted by molar-refractivity contribution is -0.137. The summed E-state index contributed by atoms with van der Waals surface area (Å²) in [6.45, 7) is 2.13. The summed E-state index contributed by atoms with van der Waals surface area (Å²) in [5.74, 6) is -0.481. The van der Waals surface area contributed by atoms with Crippen molar-refractivity contribution < 1.29 is 18.0 Å². The predicted octanol–water partition coefficient (Wildman–Crippen LogP) is 4.54. The smallest absolute Gasteiger partial charge is 0.350 e. The van der Waals surface area contributed by atoms with Crippen LogP contribution in [0.15, 0.2) is 42.6 Å². The molecule has 8 heteroatoms. The molecular weight excluding hydrogens is 379 g/mol. The highest BCUT2D eigenvalue weighted by Crippen LogP contribution is 2.33. The molecule has 0 saturated heterocycles. The van der Waals surface area contributed by atoms with Gasteiger partial charge in [-0.1, -0.05) is 48.9 Å². The quantitative estimate of drug-likeness (QED) is 0.689. The van der Waals surface area contributed by atoms with E-state index in [0.29, 0.717) is 25.1 Å². The highest BCUT2D eigenvalue weighted by atomic mass is 35.5. The van der Waals surface area contributed by atoms with Crippen LogP contribution in [0.2, 0.25) is 5.02 Å². The Morgan fingerprint density at radius 2 is 1.96 bits per heavy atom. The van der Waals surface area contributed by atoms with Crippen molar-refractivity contribution in [2.24, 2.45) is 0 Å². The first-order chi connectivity index (χ1) is 12.8. The summed E-state index contributed by atoms with van der Waals surface area (Å²) in [7, 11) is 0. The molecule has 0 saturated carbocycles. The standard InChI is InChI=1S/C19H17ClF3N3O/c1-2-15-16(18(27)24-9-8-12-6-4-3-5-7-12)26-11-13(19(21,22)23)10-14(20)17(26)25-15/h3-7,10-11H,2,8-9H2,1H3,(H,24,27). The molecule has 1 N–H and O–H groups in total. The van der Waals surface area contributed by atoms with Gasteiger partial charge in [0.05, 0.1) is 16.3 Å². The van der Waals surface area contributed by atoms with E-state index in [1.165, 1.54) is 0 Å². The summed E-state index contributed by atoms with van der Waals surface area (Å²) in [5, 5.41) is 2.60. The molecule has 0 unspecified atom stereocenters. The lowest BCUT2D eigenvalue weighted by atomic mass is 10.1. The Labute approximate surface area is 159 Å². The number of fused-ring (bicyclic) bond motifs is 1. The number of hydrogen-bond donors (Lipinski definition) is 1. The number of aromatic nitrogens is 2. The van der Waals surface area contributed by atoms with Crippen molar-refractivity contribution in [1.82, 2.24) is 14.7 Å². The number of carbonyl (C=O) groups is 1. The first-order valence-electron chi connectivity index (χ1n) is 8.41. The summed E-state index contributed by atoms with van der Waals surface area (Å²) < 4.78 is 40.5. The molecule has 2 aromatic heterocycles. The number of hydrogen-bond acceptors (Lipinski definition) is 2. The third-order valence-corrected chi connectivity index (χ3v) is 4.44. The van der Waals surface area contributed by atoms with Crippen LogP contribution in [0.4, 0.5) is 13.2 Å². The van der Waals surface area contributed by atoms with Crippen molar-refractivity contribution >= 4 is 23.2 Å². The Kier molecular flexibility index (Phi) is 5.41. The molecular formula is C19H17ClF3N3O. The van der Waals surface area contributed by atoms with Crippen molar-refractivity contribution in [1.29, 1.82) is 0 Å². The fourth-order valence-electron chi connectivity index (χ4n) is 2.84. The summed E-state index contributed by atoms with van der Waals surface area (Å²) in [6.07, 6.45) is -2.71. The van der Waals surface area contributed by atoms with Crippen LogP contribution in [0.1, 0.15) is 34.2 Å². The van der Waals surface area contributed by atoms with Gasteiger partial charge in [0.25, 0.3) is 5.91 Å². The van der Waals surface area contributed by atoms with Crippen LogP contribution in [0, 0.1) is 0 Å². The fraction of sp³-hybridized carbons (Fsp3) is 0.263. The monoisotopic (exact) mass is 395 g/mol. The van der Waals surface area contributed by atoms with E-state index >= 15 is 0 Å². The van der Waals surface area contributed by atoms with Crippen LogP contribution in [0.3, 0.4) is 0 Å². The number of nitrogens with one attached hydrogen (secondary N) is 1. The molecule has 1 amide bonds. The van der Waals surface area contributed by atoms with Crippen LogP contribution in [0.25, 0.3) is 5.65 Å². The van der Waals surface area contributed by atoms with Crippen molar-refractivity contribution in [3.63, 3.8) is 0 Å². The SMILES string of the molecule is CCc1nc2c(Cl)cc(C(F)(F)F)cn2c1C(=O)NCCc1ccccc1. The summed E-state index contributed by atoms with van der Waals surface area (Å²) in [5.41, 5.74) is 0.726. The van der Waals surface area contributed by atoms with Gasteiger partial charge in [-0.3, -0.25) is 9.20 Å². The van der Waals surface area contributed by atoms with Gasteiger partial charge in [0.2, 0.25) is 0 Å². The summed E-state index contributed by atoms with van der Waals surface area (Å²) in [6, 6.07) is 10.4. The molecule has 0 aliphatic heterocycles. The van der Waals surface area contributed by atoms with Crippen molar-refractivity contribution in [2.75, 3.05) is 6.54 Å². The van der Waals surface area contributed by atoms with Crippen LogP contribution < -0.4 is 5.32 Å². The maximum Gasteiger partial charge on any atom is 0.417 e. The Bertz CT molecular complexity index is 968. The molecule has 0 aliphatic carbocycles. The molecule has 2 heterocycles. The lowest BCUT2D eigenvalue weighted by Crippen LogP contribution is -2.28. The molecule has 0 radical (unpaired) electrons. The predicted molar refractivity (Wildman–Crippen MR) is 97.1 cm³/mol. The molecule has 0 atom stereocenters. The Morgan fingerprint density at radius 1 is 1.26 bits per heavy atom. The maximum absolute atomic E-state index is 13.1. The second-order valence-corrected chi connectivity index (χ2v) is 6.43. The average molecular weight is 396 g/mol. The minimum atomic E-state index is -4.57. The van der Waals surface area contributed by atoms with E-state index in [2.05, 4.69) is 10.3 Å². The molecule has 3 aromatic rings. The van der Waals surface area contributed by atoms with Crippen molar-refractivity contribution in [2.45, 2.75) is 25.9 Å². The second-order valence-electron chi connectivity index (χ2n) is 6.02. The zero-order valence-electron chi connectivity index (χ0n) is 14.5. The van der Waals surface area contributed by atoms with Gasteiger partial charge >= 0.3 is 6.18 Å².